The summed E-state index contributed by atoms with van der Waals surface area (Å²) in [5, 5.41) is 0. The highest BCUT2D eigenvalue weighted by Gasteiger charge is 2.21. The van der Waals surface area contributed by atoms with E-state index in [9.17, 15) is 0 Å². The first-order chi connectivity index (χ1) is 6.04. The Kier molecular flexibility index (Phi) is 3.23. The summed E-state index contributed by atoms with van der Waals surface area (Å²) in [7, 11) is 2.19. The minimum atomic E-state index is 0.618. The molecule has 0 unspecified atom stereocenters. The number of allylic oxidation sites excluding steroid dienone is 1. The molecular formula is C11H22N2. The standard InChI is InChI=1S/C11H22N2/c1-9(2)11-12(5)7-6-8-13(11)10(3)4/h10H,6-8H2,1-5H3. The van der Waals surface area contributed by atoms with Crippen LogP contribution in [0.15, 0.2) is 11.4 Å². The SMILES string of the molecule is CC(C)=C1N(C)CCCN1C(C)C. The van der Waals surface area contributed by atoms with E-state index >= 15 is 0 Å². The number of hydrogen-bond donors (Lipinski definition) is 0. The Balaban J connectivity index is 2.88. The molecule has 1 saturated heterocycles. The molecule has 0 atom stereocenters. The second-order valence-electron chi connectivity index (χ2n) is 4.39. The van der Waals surface area contributed by atoms with Crippen LogP contribution in [-0.2, 0) is 0 Å². The fourth-order valence-electron chi connectivity index (χ4n) is 2.08. The Morgan fingerprint density at radius 2 is 1.85 bits per heavy atom. The molecule has 13 heavy (non-hydrogen) atoms. The van der Waals surface area contributed by atoms with Gasteiger partial charge in [0, 0.05) is 26.2 Å². The third-order valence-electron chi connectivity index (χ3n) is 2.60. The summed E-state index contributed by atoms with van der Waals surface area (Å²) >= 11 is 0. The van der Waals surface area contributed by atoms with E-state index in [0.717, 1.165) is 0 Å². The van der Waals surface area contributed by atoms with E-state index in [1.54, 1.807) is 0 Å². The van der Waals surface area contributed by atoms with E-state index in [-0.39, 0.29) is 0 Å². The molecule has 0 radical (unpaired) electrons. The van der Waals surface area contributed by atoms with Crippen molar-refractivity contribution in [3.05, 3.63) is 11.4 Å². The summed E-state index contributed by atoms with van der Waals surface area (Å²) in [6, 6.07) is 0.618. The molecular weight excluding hydrogens is 160 g/mol. The molecule has 1 aliphatic heterocycles. The van der Waals surface area contributed by atoms with Crippen LogP contribution in [0.3, 0.4) is 0 Å². The summed E-state index contributed by atoms with van der Waals surface area (Å²) in [4.78, 5) is 4.87. The zero-order chi connectivity index (χ0) is 10.0. The minimum absolute atomic E-state index is 0.618. The quantitative estimate of drug-likeness (QED) is 0.614. The highest BCUT2D eigenvalue weighted by atomic mass is 15.3. The predicted octanol–water partition coefficient (Wildman–Crippen LogP) is 2.28. The molecule has 1 rings (SSSR count). The first-order valence-electron chi connectivity index (χ1n) is 5.19. The molecule has 0 aromatic carbocycles. The molecule has 0 aromatic heterocycles. The summed E-state index contributed by atoms with van der Waals surface area (Å²) in [6.07, 6.45) is 1.28. The lowest BCUT2D eigenvalue weighted by atomic mass is 10.2. The largest absolute Gasteiger partial charge is 0.361 e. The van der Waals surface area contributed by atoms with Gasteiger partial charge in [-0.1, -0.05) is 0 Å². The smallest absolute Gasteiger partial charge is 0.102 e. The molecule has 0 saturated carbocycles. The lowest BCUT2D eigenvalue weighted by Crippen LogP contribution is -2.44. The van der Waals surface area contributed by atoms with Crippen LogP contribution in [0.5, 0.6) is 0 Å². The van der Waals surface area contributed by atoms with E-state index < -0.39 is 0 Å². The van der Waals surface area contributed by atoms with Gasteiger partial charge in [0.2, 0.25) is 0 Å². The summed E-state index contributed by atoms with van der Waals surface area (Å²) < 4.78 is 0. The van der Waals surface area contributed by atoms with Crippen LogP contribution in [-0.4, -0.2) is 36.0 Å². The molecule has 1 aliphatic rings. The Morgan fingerprint density at radius 3 is 2.23 bits per heavy atom. The molecule has 2 nitrogen and oxygen atoms in total. The molecule has 2 heteroatoms. The summed E-state index contributed by atoms with van der Waals surface area (Å²) in [5.41, 5.74) is 1.43. The van der Waals surface area contributed by atoms with E-state index in [1.165, 1.54) is 30.9 Å². The fraction of sp³-hybridized carbons (Fsp3) is 0.818. The molecule has 0 amide bonds. The van der Waals surface area contributed by atoms with Gasteiger partial charge in [-0.15, -0.1) is 0 Å². The third-order valence-corrected chi connectivity index (χ3v) is 2.60. The zero-order valence-electron chi connectivity index (χ0n) is 9.59. The van der Waals surface area contributed by atoms with Crippen molar-refractivity contribution in [2.75, 3.05) is 20.1 Å². The van der Waals surface area contributed by atoms with Crippen LogP contribution in [0.1, 0.15) is 34.1 Å². The number of hydrogen-bond acceptors (Lipinski definition) is 2. The van der Waals surface area contributed by atoms with Gasteiger partial charge >= 0.3 is 0 Å². The van der Waals surface area contributed by atoms with Crippen LogP contribution in [0.2, 0.25) is 0 Å². The van der Waals surface area contributed by atoms with E-state index in [4.69, 9.17) is 0 Å². The first-order valence-corrected chi connectivity index (χ1v) is 5.19. The van der Waals surface area contributed by atoms with Gasteiger partial charge in [0.1, 0.15) is 5.82 Å². The van der Waals surface area contributed by atoms with Gasteiger partial charge in [-0.3, -0.25) is 0 Å². The highest BCUT2D eigenvalue weighted by Crippen LogP contribution is 2.21. The topological polar surface area (TPSA) is 6.48 Å². The van der Waals surface area contributed by atoms with Crippen molar-refractivity contribution in [3.8, 4) is 0 Å². The van der Waals surface area contributed by atoms with E-state index in [1.807, 2.05) is 0 Å². The fourth-order valence-corrected chi connectivity index (χ4v) is 2.08. The van der Waals surface area contributed by atoms with Gasteiger partial charge in [-0.2, -0.15) is 0 Å². The lowest BCUT2D eigenvalue weighted by molar-refractivity contribution is 0.148. The molecule has 1 heterocycles. The van der Waals surface area contributed by atoms with Gasteiger partial charge in [0.15, 0.2) is 0 Å². The Hall–Kier alpha value is -0.660. The van der Waals surface area contributed by atoms with Crippen molar-refractivity contribution in [1.82, 2.24) is 9.80 Å². The number of nitrogens with zero attached hydrogens (tertiary/aromatic N) is 2. The second kappa shape index (κ2) is 4.03. The first kappa shape index (κ1) is 10.4. The van der Waals surface area contributed by atoms with Crippen molar-refractivity contribution in [2.24, 2.45) is 0 Å². The van der Waals surface area contributed by atoms with Crippen LogP contribution in [0, 0.1) is 0 Å². The lowest BCUT2D eigenvalue weighted by Gasteiger charge is -2.42. The molecule has 0 aromatic rings. The van der Waals surface area contributed by atoms with E-state index in [0.29, 0.717) is 6.04 Å². The van der Waals surface area contributed by atoms with Crippen molar-refractivity contribution in [2.45, 2.75) is 40.2 Å². The molecule has 0 N–H and O–H groups in total. The van der Waals surface area contributed by atoms with Crippen LogP contribution < -0.4 is 0 Å². The van der Waals surface area contributed by atoms with Gasteiger partial charge in [-0.25, -0.2) is 0 Å². The zero-order valence-corrected chi connectivity index (χ0v) is 9.59. The minimum Gasteiger partial charge on any atom is -0.361 e. The average molecular weight is 182 g/mol. The van der Waals surface area contributed by atoms with Crippen LogP contribution >= 0.6 is 0 Å². The highest BCUT2D eigenvalue weighted by molar-refractivity contribution is 5.10. The van der Waals surface area contributed by atoms with Crippen molar-refractivity contribution < 1.29 is 0 Å². The van der Waals surface area contributed by atoms with Gasteiger partial charge in [-0.05, 0) is 39.7 Å². The van der Waals surface area contributed by atoms with E-state index in [2.05, 4.69) is 44.5 Å². The maximum Gasteiger partial charge on any atom is 0.102 e. The summed E-state index contributed by atoms with van der Waals surface area (Å²) in [6.45, 7) is 11.3. The van der Waals surface area contributed by atoms with Crippen LogP contribution in [0.25, 0.3) is 0 Å². The number of rotatable bonds is 1. The second-order valence-corrected chi connectivity index (χ2v) is 4.39. The molecule has 0 bridgehead atoms. The molecule has 0 aliphatic carbocycles. The molecule has 0 spiro atoms. The van der Waals surface area contributed by atoms with Gasteiger partial charge in [0.05, 0.1) is 0 Å². The molecule has 1 fully saturated rings. The van der Waals surface area contributed by atoms with Gasteiger partial charge < -0.3 is 9.80 Å². The van der Waals surface area contributed by atoms with Crippen molar-refractivity contribution in [1.29, 1.82) is 0 Å². The maximum absolute atomic E-state index is 2.50. The van der Waals surface area contributed by atoms with Crippen molar-refractivity contribution >= 4 is 0 Å². The summed E-state index contributed by atoms with van der Waals surface area (Å²) in [5.74, 6) is 1.43. The monoisotopic (exact) mass is 182 g/mol. The normalized spacial score (nSPS) is 18.5. The van der Waals surface area contributed by atoms with Crippen molar-refractivity contribution in [3.63, 3.8) is 0 Å². The van der Waals surface area contributed by atoms with Crippen LogP contribution in [0.4, 0.5) is 0 Å². The Morgan fingerprint density at radius 1 is 1.23 bits per heavy atom. The Bertz CT molecular complexity index is 202. The predicted molar refractivity (Wildman–Crippen MR) is 57.5 cm³/mol. The third kappa shape index (κ3) is 2.17. The maximum atomic E-state index is 2.50. The van der Waals surface area contributed by atoms with Gasteiger partial charge in [0.25, 0.3) is 0 Å². The average Bonchev–Trinajstić information content (AvgIpc) is 2.02. The Labute approximate surface area is 82.2 Å². The molecule has 76 valence electrons.